The predicted molar refractivity (Wildman–Crippen MR) is 93.2 cm³/mol. The van der Waals surface area contributed by atoms with Crippen LogP contribution >= 0.6 is 0 Å². The third-order valence-electron chi connectivity index (χ3n) is 4.94. The molecule has 5 nitrogen and oxygen atoms in total. The Hall–Kier alpha value is -1.59. The number of rotatable bonds is 5. The van der Waals surface area contributed by atoms with Gasteiger partial charge in [0.15, 0.2) is 0 Å². The Labute approximate surface area is 144 Å². The molecule has 0 bridgehead atoms. The molecule has 1 heterocycles. The molecule has 1 aliphatic carbocycles. The summed E-state index contributed by atoms with van der Waals surface area (Å²) in [6.45, 7) is 7.49. The molecule has 1 aliphatic heterocycles. The number of hydrogen-bond acceptors (Lipinski definition) is 4. The van der Waals surface area contributed by atoms with Crippen molar-refractivity contribution in [2.75, 3.05) is 39.8 Å². The Kier molecular flexibility index (Phi) is 4.83. The van der Waals surface area contributed by atoms with Crippen molar-refractivity contribution in [1.29, 1.82) is 0 Å². The highest BCUT2D eigenvalue weighted by molar-refractivity contribution is 5.83. The number of ether oxygens (including phenoxy) is 1. The second kappa shape index (κ2) is 6.73. The second-order valence-corrected chi connectivity index (χ2v) is 7.60. The summed E-state index contributed by atoms with van der Waals surface area (Å²) in [5, 5.41) is 9.92. The van der Waals surface area contributed by atoms with Gasteiger partial charge in [0, 0.05) is 38.6 Å². The first-order valence-corrected chi connectivity index (χ1v) is 8.75. The van der Waals surface area contributed by atoms with Crippen molar-refractivity contribution in [3.05, 3.63) is 29.8 Å². The first-order valence-electron chi connectivity index (χ1n) is 8.75. The van der Waals surface area contributed by atoms with Crippen molar-refractivity contribution in [3.8, 4) is 5.75 Å². The SMILES string of the molecule is COc1ccccc1C1CC1C(=O)N1CCN(CC(C)(C)O)CC1. The zero-order valence-electron chi connectivity index (χ0n) is 14.9. The minimum Gasteiger partial charge on any atom is -0.496 e. The lowest BCUT2D eigenvalue weighted by Crippen LogP contribution is -2.52. The van der Waals surface area contributed by atoms with Gasteiger partial charge in [-0.25, -0.2) is 0 Å². The van der Waals surface area contributed by atoms with Crippen molar-refractivity contribution in [1.82, 2.24) is 9.80 Å². The van der Waals surface area contributed by atoms with Gasteiger partial charge in [0.05, 0.1) is 12.7 Å². The van der Waals surface area contributed by atoms with Crippen molar-refractivity contribution in [2.24, 2.45) is 5.92 Å². The lowest BCUT2D eigenvalue weighted by molar-refractivity contribution is -0.134. The fourth-order valence-electron chi connectivity index (χ4n) is 3.69. The molecule has 3 rings (SSSR count). The van der Waals surface area contributed by atoms with Crippen molar-refractivity contribution in [3.63, 3.8) is 0 Å². The van der Waals surface area contributed by atoms with Crippen LogP contribution in [0.1, 0.15) is 31.7 Å². The smallest absolute Gasteiger partial charge is 0.226 e. The molecule has 5 heteroatoms. The molecule has 2 unspecified atom stereocenters. The zero-order valence-corrected chi connectivity index (χ0v) is 14.9. The first-order chi connectivity index (χ1) is 11.4. The highest BCUT2D eigenvalue weighted by atomic mass is 16.5. The van der Waals surface area contributed by atoms with Crippen LogP contribution in [-0.4, -0.2) is 66.2 Å². The molecular weight excluding hydrogens is 304 g/mol. The number of piperazine rings is 1. The van der Waals surface area contributed by atoms with E-state index in [4.69, 9.17) is 4.74 Å². The molecular formula is C19H28N2O3. The molecule has 1 N–H and O–H groups in total. The van der Waals surface area contributed by atoms with E-state index in [1.807, 2.05) is 36.9 Å². The van der Waals surface area contributed by atoms with Gasteiger partial charge in [0.25, 0.3) is 0 Å². The van der Waals surface area contributed by atoms with Gasteiger partial charge in [-0.3, -0.25) is 9.69 Å². The number of carbonyl (C=O) groups is 1. The van der Waals surface area contributed by atoms with Crippen LogP contribution < -0.4 is 4.74 Å². The van der Waals surface area contributed by atoms with E-state index in [9.17, 15) is 9.90 Å². The molecule has 2 atom stereocenters. The number of β-amino-alcohol motifs (C(OH)–C–C–N with tert-alkyl or cyclic N) is 1. The largest absolute Gasteiger partial charge is 0.496 e. The van der Waals surface area contributed by atoms with E-state index < -0.39 is 5.60 Å². The number of aliphatic hydroxyl groups is 1. The van der Waals surface area contributed by atoms with E-state index in [1.165, 1.54) is 0 Å². The van der Waals surface area contributed by atoms with Crippen LogP contribution in [0.3, 0.4) is 0 Å². The molecule has 0 aromatic heterocycles. The van der Waals surface area contributed by atoms with E-state index in [1.54, 1.807) is 7.11 Å². The molecule has 1 amide bonds. The molecule has 2 fully saturated rings. The van der Waals surface area contributed by atoms with Crippen LogP contribution in [0, 0.1) is 5.92 Å². The Morgan fingerprint density at radius 2 is 1.92 bits per heavy atom. The van der Waals surface area contributed by atoms with Gasteiger partial charge in [0.2, 0.25) is 5.91 Å². The predicted octanol–water partition coefficient (Wildman–Crippen LogP) is 1.71. The van der Waals surface area contributed by atoms with Crippen LogP contribution in [0.15, 0.2) is 24.3 Å². The lowest BCUT2D eigenvalue weighted by Gasteiger charge is -2.37. The molecule has 0 radical (unpaired) electrons. The number of amides is 1. The summed E-state index contributed by atoms with van der Waals surface area (Å²) in [6.07, 6.45) is 0.920. The van der Waals surface area contributed by atoms with Crippen molar-refractivity contribution < 1.29 is 14.6 Å². The van der Waals surface area contributed by atoms with Crippen molar-refractivity contribution >= 4 is 5.91 Å². The fourth-order valence-corrected chi connectivity index (χ4v) is 3.69. The van der Waals surface area contributed by atoms with Gasteiger partial charge in [-0.1, -0.05) is 18.2 Å². The first kappa shape index (κ1) is 17.2. The van der Waals surface area contributed by atoms with E-state index in [0.29, 0.717) is 12.5 Å². The van der Waals surface area contributed by atoms with Gasteiger partial charge in [0.1, 0.15) is 5.75 Å². The number of hydrogen-bond donors (Lipinski definition) is 1. The molecule has 1 saturated carbocycles. The molecule has 24 heavy (non-hydrogen) atoms. The lowest BCUT2D eigenvalue weighted by atomic mass is 10.1. The Morgan fingerprint density at radius 1 is 1.25 bits per heavy atom. The number of nitrogens with zero attached hydrogens (tertiary/aromatic N) is 2. The molecule has 2 aliphatic rings. The van der Waals surface area contributed by atoms with Crippen LogP contribution in [0.25, 0.3) is 0 Å². The van der Waals surface area contributed by atoms with Gasteiger partial charge in [-0.15, -0.1) is 0 Å². The number of para-hydroxylation sites is 1. The molecule has 1 aromatic rings. The summed E-state index contributed by atoms with van der Waals surface area (Å²) < 4.78 is 5.43. The molecule has 0 spiro atoms. The standard InChI is InChI=1S/C19H28N2O3/c1-19(2,23)13-20-8-10-21(11-9-20)18(22)16-12-15(16)14-6-4-5-7-17(14)24-3/h4-7,15-16,23H,8-13H2,1-3H3. The average Bonchev–Trinajstić information content (AvgIpc) is 3.34. The van der Waals surface area contributed by atoms with Crippen LogP contribution in [0.4, 0.5) is 0 Å². The van der Waals surface area contributed by atoms with E-state index >= 15 is 0 Å². The maximum atomic E-state index is 12.8. The van der Waals surface area contributed by atoms with Crippen LogP contribution in [0.2, 0.25) is 0 Å². The Balaban J connectivity index is 1.54. The maximum absolute atomic E-state index is 12.8. The minimum atomic E-state index is -0.683. The van der Waals surface area contributed by atoms with E-state index in [0.717, 1.165) is 43.9 Å². The topological polar surface area (TPSA) is 53.0 Å². The summed E-state index contributed by atoms with van der Waals surface area (Å²) in [7, 11) is 1.68. The average molecular weight is 332 g/mol. The zero-order chi connectivity index (χ0) is 17.3. The highest BCUT2D eigenvalue weighted by Crippen LogP contribution is 2.51. The summed E-state index contributed by atoms with van der Waals surface area (Å²) in [4.78, 5) is 17.0. The van der Waals surface area contributed by atoms with Crippen LogP contribution in [-0.2, 0) is 4.79 Å². The number of benzene rings is 1. The van der Waals surface area contributed by atoms with E-state index in [-0.39, 0.29) is 11.8 Å². The van der Waals surface area contributed by atoms with Gasteiger partial charge < -0.3 is 14.7 Å². The van der Waals surface area contributed by atoms with Gasteiger partial charge >= 0.3 is 0 Å². The normalized spacial score (nSPS) is 24.8. The fraction of sp³-hybridized carbons (Fsp3) is 0.632. The highest BCUT2D eigenvalue weighted by Gasteiger charge is 2.47. The molecule has 1 saturated heterocycles. The maximum Gasteiger partial charge on any atom is 0.226 e. The number of carbonyl (C=O) groups excluding carboxylic acids is 1. The quantitative estimate of drug-likeness (QED) is 0.892. The summed E-state index contributed by atoms with van der Waals surface area (Å²) in [5.41, 5.74) is 0.469. The Morgan fingerprint density at radius 3 is 2.54 bits per heavy atom. The second-order valence-electron chi connectivity index (χ2n) is 7.60. The summed E-state index contributed by atoms with van der Waals surface area (Å²) in [6, 6.07) is 8.00. The Bertz CT molecular complexity index is 589. The monoisotopic (exact) mass is 332 g/mol. The van der Waals surface area contributed by atoms with Crippen LogP contribution in [0.5, 0.6) is 5.75 Å². The third kappa shape index (κ3) is 3.90. The molecule has 132 valence electrons. The molecule has 1 aromatic carbocycles. The summed E-state index contributed by atoms with van der Waals surface area (Å²) >= 11 is 0. The van der Waals surface area contributed by atoms with Gasteiger partial charge in [-0.2, -0.15) is 0 Å². The van der Waals surface area contributed by atoms with Gasteiger partial charge in [-0.05, 0) is 37.8 Å². The number of methoxy groups -OCH3 is 1. The minimum absolute atomic E-state index is 0.0992. The van der Waals surface area contributed by atoms with E-state index in [2.05, 4.69) is 11.0 Å². The third-order valence-corrected chi connectivity index (χ3v) is 4.94. The van der Waals surface area contributed by atoms with Crippen molar-refractivity contribution in [2.45, 2.75) is 31.8 Å². The summed E-state index contributed by atoms with van der Waals surface area (Å²) in [5.74, 6) is 1.55.